The van der Waals surface area contributed by atoms with Crippen LogP contribution in [0.2, 0.25) is 0 Å². The van der Waals surface area contributed by atoms with Gasteiger partial charge in [0.1, 0.15) is 35.9 Å². The summed E-state index contributed by atoms with van der Waals surface area (Å²) in [6.07, 6.45) is -1.69. The molecule has 8 nitrogen and oxygen atoms in total. The molecule has 11 atom stereocenters. The van der Waals surface area contributed by atoms with Crippen molar-refractivity contribution >= 4 is 29.3 Å². The molecule has 10 heteroatoms. The summed E-state index contributed by atoms with van der Waals surface area (Å²) >= 11 is 7.64. The molecule has 0 spiro atoms. The summed E-state index contributed by atoms with van der Waals surface area (Å²) in [6, 6.07) is 7.30. The Balaban J connectivity index is 1.44. The molecule has 4 rings (SSSR count). The van der Waals surface area contributed by atoms with Gasteiger partial charge < -0.3 is 35.4 Å². The molecule has 0 aromatic heterocycles. The number of alkyl halides is 1. The number of carbonyl (C=O) groups excluding carboxylic acids is 1. The molecule has 3 aliphatic heterocycles. The van der Waals surface area contributed by atoms with E-state index in [1.54, 1.807) is 13.2 Å². The van der Waals surface area contributed by atoms with Gasteiger partial charge in [0, 0.05) is 19.1 Å². The highest BCUT2D eigenvalue weighted by Crippen LogP contribution is 2.36. The van der Waals surface area contributed by atoms with Crippen molar-refractivity contribution in [3.63, 3.8) is 0 Å². The van der Waals surface area contributed by atoms with Gasteiger partial charge in [-0.25, -0.2) is 0 Å². The van der Waals surface area contributed by atoms with E-state index >= 15 is 0 Å². The molecule has 0 saturated carbocycles. The Morgan fingerprint density at radius 1 is 1.20 bits per heavy atom. The molecule has 1 aromatic carbocycles. The van der Waals surface area contributed by atoms with E-state index in [2.05, 4.69) is 41.8 Å². The lowest BCUT2D eigenvalue weighted by atomic mass is 9.85. The first-order valence-electron chi connectivity index (χ1n) is 12.3. The number of hydrogen-bond acceptors (Lipinski definition) is 8. The van der Waals surface area contributed by atoms with E-state index in [-0.39, 0.29) is 17.9 Å². The number of aliphatic hydroxyl groups is 3. The number of amides is 1. The van der Waals surface area contributed by atoms with Gasteiger partial charge in [-0.3, -0.25) is 4.79 Å². The molecule has 3 aliphatic rings. The van der Waals surface area contributed by atoms with Crippen molar-refractivity contribution in [2.45, 2.75) is 86.0 Å². The predicted octanol–water partition coefficient (Wildman–Crippen LogP) is 1.13. The minimum absolute atomic E-state index is 0.195. The first kappa shape index (κ1) is 27.1. The van der Waals surface area contributed by atoms with Gasteiger partial charge >= 0.3 is 0 Å². The van der Waals surface area contributed by atoms with Crippen molar-refractivity contribution in [3.05, 3.63) is 35.4 Å². The average Bonchev–Trinajstić information content (AvgIpc) is 3.12. The van der Waals surface area contributed by atoms with Crippen LogP contribution in [0, 0.1) is 12.8 Å². The van der Waals surface area contributed by atoms with Gasteiger partial charge in [0.15, 0.2) is 0 Å². The van der Waals surface area contributed by atoms with E-state index in [4.69, 9.17) is 21.1 Å². The van der Waals surface area contributed by atoms with Gasteiger partial charge in [0.25, 0.3) is 0 Å². The molecular weight excluding hydrogens is 492 g/mol. The molecule has 3 heterocycles. The van der Waals surface area contributed by atoms with Crippen LogP contribution in [0.3, 0.4) is 0 Å². The smallest absolute Gasteiger partial charge is 0.240 e. The molecule has 3 saturated heterocycles. The van der Waals surface area contributed by atoms with E-state index < -0.39 is 47.3 Å². The quantitative estimate of drug-likeness (QED) is 0.349. The van der Waals surface area contributed by atoms with Crippen molar-refractivity contribution in [2.24, 2.45) is 5.92 Å². The number of fused-ring (bicyclic) bond motifs is 1. The Morgan fingerprint density at radius 2 is 1.91 bits per heavy atom. The first-order chi connectivity index (χ1) is 16.7. The molecule has 196 valence electrons. The average molecular weight is 529 g/mol. The molecule has 0 bridgehead atoms. The third-order valence-corrected chi connectivity index (χ3v) is 8.71. The molecule has 35 heavy (non-hydrogen) atoms. The zero-order valence-electron chi connectivity index (χ0n) is 20.3. The third-order valence-electron chi connectivity index (χ3n) is 7.58. The second-order valence-electron chi connectivity index (χ2n) is 10.0. The Kier molecular flexibility index (Phi) is 9.03. The van der Waals surface area contributed by atoms with Crippen molar-refractivity contribution in [3.8, 4) is 0 Å². The number of hydrogen-bond donors (Lipinski definition) is 5. The van der Waals surface area contributed by atoms with Crippen molar-refractivity contribution in [1.82, 2.24) is 10.6 Å². The number of carbonyl (C=O) groups is 1. The summed E-state index contributed by atoms with van der Waals surface area (Å²) in [7, 11) is 0. The van der Waals surface area contributed by atoms with E-state index in [1.807, 2.05) is 0 Å². The lowest BCUT2D eigenvalue weighted by Gasteiger charge is -2.44. The number of ether oxygens (including phenoxy) is 2. The Hall–Kier alpha value is -0.910. The van der Waals surface area contributed by atoms with Crippen LogP contribution in [0.5, 0.6) is 0 Å². The number of halogens is 1. The van der Waals surface area contributed by atoms with Crippen LogP contribution in [0.4, 0.5) is 0 Å². The summed E-state index contributed by atoms with van der Waals surface area (Å²) < 4.78 is 12.1. The van der Waals surface area contributed by atoms with Gasteiger partial charge in [0.2, 0.25) is 5.91 Å². The predicted molar refractivity (Wildman–Crippen MR) is 136 cm³/mol. The molecule has 3 fully saturated rings. The van der Waals surface area contributed by atoms with Crippen LogP contribution in [0.1, 0.15) is 36.8 Å². The van der Waals surface area contributed by atoms with E-state index in [1.165, 1.54) is 22.9 Å². The fourth-order valence-corrected chi connectivity index (χ4v) is 6.41. The number of nitrogens with one attached hydrogen (secondary N) is 2. The maximum atomic E-state index is 13.4. The van der Waals surface area contributed by atoms with Crippen LogP contribution >= 0.6 is 23.4 Å². The molecule has 5 N–H and O–H groups in total. The Bertz CT molecular complexity index is 859. The Morgan fingerprint density at radius 3 is 2.57 bits per heavy atom. The zero-order chi connectivity index (χ0) is 25.3. The van der Waals surface area contributed by atoms with Crippen LogP contribution in [0.15, 0.2) is 24.3 Å². The number of aliphatic hydroxyl groups excluding tert-OH is 3. The fourth-order valence-electron chi connectivity index (χ4n) is 5.52. The van der Waals surface area contributed by atoms with Crippen LogP contribution in [-0.4, -0.2) is 94.1 Å². The van der Waals surface area contributed by atoms with Crippen molar-refractivity contribution < 1.29 is 29.6 Å². The van der Waals surface area contributed by atoms with Crippen LogP contribution in [0.25, 0.3) is 0 Å². The maximum absolute atomic E-state index is 13.4. The summed E-state index contributed by atoms with van der Waals surface area (Å²) in [6.45, 7) is 5.03. The number of thioether (sulfide) groups is 1. The van der Waals surface area contributed by atoms with E-state index in [9.17, 15) is 20.1 Å². The molecule has 0 aliphatic carbocycles. The SMILES string of the molecule is CSC1O[C@H]([C@H](NC(=O)[C@H]2NC[C@@H]3CC(c4ccc(C)cc4)CCO[C@H]32)[C@H](C)Cl)[C@@H](O)C(O)[C@H]1O. The minimum atomic E-state index is -1.40. The summed E-state index contributed by atoms with van der Waals surface area (Å²) in [5.41, 5.74) is 1.79. The number of benzene rings is 1. The first-order valence-corrected chi connectivity index (χ1v) is 14.0. The topological polar surface area (TPSA) is 120 Å². The normalized spacial score (nSPS) is 39.3. The third kappa shape index (κ3) is 5.83. The van der Waals surface area contributed by atoms with Crippen LogP contribution in [-0.2, 0) is 14.3 Å². The monoisotopic (exact) mass is 528 g/mol. The summed E-state index contributed by atoms with van der Waals surface area (Å²) in [5.74, 6) is 0.300. The standard InChI is InChI=1S/C25H37ClN2O6S/c1-12-4-6-14(7-5-12)15-8-9-33-22-16(10-15)11-27-18(22)24(32)28-17(13(2)26)23-20(30)19(29)21(31)25(34-23)35-3/h4-7,13,15-23,25,27,29-31H,8-11H2,1-3H3,(H,28,32)/t13-,15?,16-,17+,18-,19?,20-,21+,22+,23+,25?/m0/s1. The number of aryl methyl sites for hydroxylation is 1. The van der Waals surface area contributed by atoms with Crippen molar-refractivity contribution in [1.29, 1.82) is 0 Å². The molecular formula is C25H37ClN2O6S. The lowest BCUT2D eigenvalue weighted by molar-refractivity contribution is -0.205. The van der Waals surface area contributed by atoms with Gasteiger partial charge in [-0.2, -0.15) is 0 Å². The second kappa shape index (κ2) is 11.6. The van der Waals surface area contributed by atoms with Gasteiger partial charge in [-0.15, -0.1) is 23.4 Å². The van der Waals surface area contributed by atoms with E-state index in [0.29, 0.717) is 19.1 Å². The molecule has 0 radical (unpaired) electrons. The van der Waals surface area contributed by atoms with Crippen molar-refractivity contribution in [2.75, 3.05) is 19.4 Å². The molecule has 1 aromatic rings. The summed E-state index contributed by atoms with van der Waals surface area (Å²) in [5, 5.41) is 36.8. The van der Waals surface area contributed by atoms with Crippen LogP contribution < -0.4 is 10.6 Å². The number of rotatable bonds is 6. The molecule has 3 unspecified atom stereocenters. The second-order valence-corrected chi connectivity index (χ2v) is 11.6. The fraction of sp³-hybridized carbons (Fsp3) is 0.720. The lowest BCUT2D eigenvalue weighted by Crippen LogP contribution is -2.65. The van der Waals surface area contributed by atoms with Gasteiger partial charge in [-0.05, 0) is 44.4 Å². The highest BCUT2D eigenvalue weighted by atomic mass is 35.5. The van der Waals surface area contributed by atoms with Gasteiger partial charge in [0.05, 0.1) is 17.5 Å². The molecule has 1 amide bonds. The van der Waals surface area contributed by atoms with E-state index in [0.717, 1.165) is 12.8 Å². The minimum Gasteiger partial charge on any atom is -0.388 e. The van der Waals surface area contributed by atoms with Gasteiger partial charge in [-0.1, -0.05) is 29.8 Å². The zero-order valence-corrected chi connectivity index (χ0v) is 21.9. The highest BCUT2D eigenvalue weighted by molar-refractivity contribution is 7.99. The largest absolute Gasteiger partial charge is 0.388 e. The summed E-state index contributed by atoms with van der Waals surface area (Å²) in [4.78, 5) is 13.4. The Labute approximate surface area is 216 Å². The highest BCUT2D eigenvalue weighted by Gasteiger charge is 2.49. The maximum Gasteiger partial charge on any atom is 0.240 e.